The summed E-state index contributed by atoms with van der Waals surface area (Å²) in [7, 11) is -1.93. The van der Waals surface area contributed by atoms with Gasteiger partial charge >= 0.3 is 0 Å². The number of hydrogen-bond acceptors (Lipinski definition) is 1. The van der Waals surface area contributed by atoms with E-state index in [1.54, 1.807) is 10.4 Å². The van der Waals surface area contributed by atoms with Gasteiger partial charge in [0.25, 0.3) is 0 Å². The van der Waals surface area contributed by atoms with Crippen molar-refractivity contribution in [3.63, 3.8) is 0 Å². The highest BCUT2D eigenvalue weighted by Gasteiger charge is 2.47. The third-order valence-electron chi connectivity index (χ3n) is 4.92. The lowest BCUT2D eigenvalue weighted by Gasteiger charge is -2.28. The van der Waals surface area contributed by atoms with E-state index in [4.69, 9.17) is 11.6 Å². The molecule has 0 aliphatic carbocycles. The fourth-order valence-electron chi connectivity index (χ4n) is 4.05. The fourth-order valence-corrected chi connectivity index (χ4v) is 11.9. The SMILES string of the molecule is CCC[Si@]1(c2cc(Cl)cs2)c2ccccc2-c2ccc(C)cc21. The minimum absolute atomic E-state index is 0.881. The van der Waals surface area contributed by atoms with Gasteiger partial charge in [-0.25, -0.2) is 0 Å². The summed E-state index contributed by atoms with van der Waals surface area (Å²) in [6, 6.07) is 19.5. The average molecular weight is 355 g/mol. The van der Waals surface area contributed by atoms with Gasteiger partial charge in [0.2, 0.25) is 0 Å². The Kier molecular flexibility index (Phi) is 3.71. The van der Waals surface area contributed by atoms with Gasteiger partial charge in [0.15, 0.2) is 8.07 Å². The Morgan fingerprint density at radius 2 is 1.78 bits per heavy atom. The lowest BCUT2D eigenvalue weighted by molar-refractivity contribution is 1.06. The minimum atomic E-state index is -1.93. The van der Waals surface area contributed by atoms with Crippen molar-refractivity contribution in [2.45, 2.75) is 26.3 Å². The zero-order chi connectivity index (χ0) is 16.0. The number of fused-ring (bicyclic) bond motifs is 3. The lowest BCUT2D eigenvalue weighted by Crippen LogP contribution is -2.63. The van der Waals surface area contributed by atoms with Crippen molar-refractivity contribution in [2.75, 3.05) is 0 Å². The fraction of sp³-hybridized carbons (Fsp3) is 0.200. The van der Waals surface area contributed by atoms with Crippen LogP contribution in [-0.4, -0.2) is 8.07 Å². The molecule has 0 N–H and O–H groups in total. The number of aryl methyl sites for hydroxylation is 1. The number of thiophene rings is 1. The van der Waals surface area contributed by atoms with E-state index in [9.17, 15) is 0 Å². The van der Waals surface area contributed by atoms with Gasteiger partial charge in [-0.2, -0.15) is 11.3 Å². The van der Waals surface area contributed by atoms with Crippen LogP contribution in [0.15, 0.2) is 53.9 Å². The van der Waals surface area contributed by atoms with Crippen LogP contribution in [0.3, 0.4) is 0 Å². The molecule has 0 saturated heterocycles. The molecule has 3 heteroatoms. The van der Waals surface area contributed by atoms with E-state index in [0.717, 1.165) is 5.02 Å². The zero-order valence-electron chi connectivity index (χ0n) is 13.4. The highest BCUT2D eigenvalue weighted by Crippen LogP contribution is 2.33. The second kappa shape index (κ2) is 5.62. The van der Waals surface area contributed by atoms with Gasteiger partial charge in [0.05, 0.1) is 5.02 Å². The summed E-state index contributed by atoms with van der Waals surface area (Å²) in [4.78, 5) is 0. The second-order valence-corrected chi connectivity index (χ2v) is 12.0. The van der Waals surface area contributed by atoms with Crippen LogP contribution in [0.2, 0.25) is 11.1 Å². The molecule has 1 atom stereocenters. The molecule has 0 fully saturated rings. The molecule has 116 valence electrons. The van der Waals surface area contributed by atoms with Crippen LogP contribution in [0.25, 0.3) is 11.1 Å². The summed E-state index contributed by atoms with van der Waals surface area (Å²) in [5, 5.41) is 6.13. The third kappa shape index (κ3) is 2.16. The Morgan fingerprint density at radius 3 is 2.52 bits per heavy atom. The van der Waals surface area contributed by atoms with Crippen molar-refractivity contribution < 1.29 is 0 Å². The van der Waals surface area contributed by atoms with Gasteiger partial charge in [0, 0.05) is 9.88 Å². The van der Waals surface area contributed by atoms with Crippen molar-refractivity contribution in [1.82, 2.24) is 0 Å². The molecule has 0 bridgehead atoms. The maximum Gasteiger partial charge on any atom is 0.161 e. The van der Waals surface area contributed by atoms with E-state index in [-0.39, 0.29) is 0 Å². The summed E-state index contributed by atoms with van der Waals surface area (Å²) in [6.45, 7) is 4.51. The predicted octanol–water partition coefficient (Wildman–Crippen LogP) is 4.57. The maximum absolute atomic E-state index is 6.32. The van der Waals surface area contributed by atoms with Gasteiger partial charge in [-0.3, -0.25) is 0 Å². The average Bonchev–Trinajstić information content (AvgIpc) is 3.09. The Labute approximate surface area is 147 Å². The summed E-state index contributed by atoms with van der Waals surface area (Å²) in [5.41, 5.74) is 4.23. The molecule has 1 aliphatic heterocycles. The number of hydrogen-bond donors (Lipinski definition) is 0. The van der Waals surface area contributed by atoms with E-state index in [2.05, 4.69) is 67.8 Å². The number of halogens is 1. The summed E-state index contributed by atoms with van der Waals surface area (Å²) in [6.07, 6.45) is 1.20. The van der Waals surface area contributed by atoms with Gasteiger partial charge in [-0.15, -0.1) is 0 Å². The molecule has 2 aromatic carbocycles. The summed E-state index contributed by atoms with van der Waals surface area (Å²) in [5.74, 6) is 0. The largest absolute Gasteiger partial charge is 0.161 e. The lowest BCUT2D eigenvalue weighted by atomic mass is 10.0. The molecule has 23 heavy (non-hydrogen) atoms. The summed E-state index contributed by atoms with van der Waals surface area (Å²) >= 11 is 8.17. The van der Waals surface area contributed by atoms with E-state index in [1.165, 1.54) is 33.7 Å². The third-order valence-corrected chi connectivity index (χ3v) is 12.3. The van der Waals surface area contributed by atoms with E-state index in [1.807, 2.05) is 11.3 Å². The normalized spacial score (nSPS) is 18.7. The van der Waals surface area contributed by atoms with E-state index < -0.39 is 8.07 Å². The first-order chi connectivity index (χ1) is 11.2. The molecule has 0 nitrogen and oxygen atoms in total. The molecular weight excluding hydrogens is 336 g/mol. The van der Waals surface area contributed by atoms with Crippen LogP contribution in [0.1, 0.15) is 18.9 Å². The van der Waals surface area contributed by atoms with Crippen LogP contribution in [0, 0.1) is 6.92 Å². The van der Waals surface area contributed by atoms with Crippen molar-refractivity contribution in [3.05, 3.63) is 64.5 Å². The molecule has 0 unspecified atom stereocenters. The number of benzene rings is 2. The minimum Gasteiger partial charge on any atom is -0.151 e. The Bertz CT molecular complexity index is 883. The Hall–Kier alpha value is -1.35. The van der Waals surface area contributed by atoms with Crippen molar-refractivity contribution in [3.8, 4) is 11.1 Å². The smallest absolute Gasteiger partial charge is 0.151 e. The Balaban J connectivity index is 2.11. The quantitative estimate of drug-likeness (QED) is 0.604. The van der Waals surface area contributed by atoms with Gasteiger partial charge in [-0.05, 0) is 40.5 Å². The molecule has 0 radical (unpaired) electrons. The van der Waals surface area contributed by atoms with Crippen LogP contribution in [0.4, 0.5) is 0 Å². The topological polar surface area (TPSA) is 0 Å². The van der Waals surface area contributed by atoms with Crippen molar-refractivity contribution >= 4 is 45.9 Å². The summed E-state index contributed by atoms with van der Waals surface area (Å²) < 4.78 is 1.50. The van der Waals surface area contributed by atoms with Gasteiger partial charge in [-0.1, -0.05) is 73.0 Å². The first-order valence-electron chi connectivity index (χ1n) is 8.12. The van der Waals surface area contributed by atoms with Gasteiger partial charge in [0.1, 0.15) is 0 Å². The Morgan fingerprint density at radius 1 is 1.00 bits per heavy atom. The highest BCUT2D eigenvalue weighted by atomic mass is 35.5. The van der Waals surface area contributed by atoms with Crippen molar-refractivity contribution in [1.29, 1.82) is 0 Å². The molecule has 1 aliphatic rings. The van der Waals surface area contributed by atoms with Crippen molar-refractivity contribution in [2.24, 2.45) is 0 Å². The van der Waals surface area contributed by atoms with Crippen LogP contribution >= 0.6 is 22.9 Å². The molecule has 2 heterocycles. The molecular formula is C20H19ClSSi. The van der Waals surface area contributed by atoms with E-state index >= 15 is 0 Å². The van der Waals surface area contributed by atoms with Crippen LogP contribution in [0.5, 0.6) is 0 Å². The molecule has 0 spiro atoms. The predicted molar refractivity (Wildman–Crippen MR) is 106 cm³/mol. The molecule has 4 rings (SSSR count). The standard InChI is InChI=1S/C20H19ClSSi/c1-3-10-23(20-12-15(21)13-22-20)18-7-5-4-6-16(18)17-9-8-14(2)11-19(17)23/h4-9,11-13H,3,10H2,1-2H3/t23-/m0/s1. The molecule has 1 aromatic heterocycles. The first-order valence-corrected chi connectivity index (χ1v) is 11.6. The first kappa shape index (κ1) is 15.2. The maximum atomic E-state index is 6.32. The molecule has 0 amide bonds. The molecule has 3 aromatic rings. The van der Waals surface area contributed by atoms with Crippen LogP contribution in [-0.2, 0) is 0 Å². The zero-order valence-corrected chi connectivity index (χ0v) is 16.0. The highest BCUT2D eigenvalue weighted by molar-refractivity contribution is 7.33. The molecule has 0 saturated carbocycles. The van der Waals surface area contributed by atoms with Gasteiger partial charge < -0.3 is 0 Å². The van der Waals surface area contributed by atoms with E-state index in [0.29, 0.717) is 0 Å². The monoisotopic (exact) mass is 354 g/mol. The second-order valence-electron chi connectivity index (χ2n) is 6.38. The number of rotatable bonds is 3. The van der Waals surface area contributed by atoms with Crippen LogP contribution < -0.4 is 14.9 Å².